The summed E-state index contributed by atoms with van der Waals surface area (Å²) in [6.45, 7) is 0. The first-order chi connectivity index (χ1) is 15.0. The van der Waals surface area contributed by atoms with Crippen LogP contribution in [0.4, 0.5) is 0 Å². The van der Waals surface area contributed by atoms with Crippen LogP contribution in [0.1, 0.15) is 30.4 Å². The maximum absolute atomic E-state index is 12.2. The van der Waals surface area contributed by atoms with Gasteiger partial charge in [-0.1, -0.05) is 36.4 Å². The smallest absolute Gasteiger partial charge is 0.160 e. The molecule has 0 spiro atoms. The molecule has 31 heavy (non-hydrogen) atoms. The van der Waals surface area contributed by atoms with Crippen molar-refractivity contribution in [3.8, 4) is 23.0 Å². The van der Waals surface area contributed by atoms with Crippen molar-refractivity contribution < 1.29 is 24.5 Å². The number of Topliss-reactive ketones (excluding diaryl/α,β-unsaturated/α-hetero) is 1. The third-order valence-corrected chi connectivity index (χ3v) is 5.07. The third kappa shape index (κ3) is 7.15. The highest BCUT2D eigenvalue weighted by molar-refractivity contribution is 5.79. The zero-order valence-corrected chi connectivity index (χ0v) is 17.7. The number of methoxy groups -OCH3 is 1. The number of hydrogen-bond donors (Lipinski definition) is 2. The highest BCUT2D eigenvalue weighted by Gasteiger charge is 2.12. The molecule has 5 heteroatoms. The van der Waals surface area contributed by atoms with Gasteiger partial charge in [0.1, 0.15) is 17.3 Å². The predicted octanol–water partition coefficient (Wildman–Crippen LogP) is 5.08. The van der Waals surface area contributed by atoms with Gasteiger partial charge >= 0.3 is 0 Å². The van der Waals surface area contributed by atoms with Gasteiger partial charge in [0.05, 0.1) is 13.2 Å². The minimum atomic E-state index is -0.665. The first kappa shape index (κ1) is 22.4. The molecule has 2 N–H and O–H groups in total. The fourth-order valence-electron chi connectivity index (χ4n) is 3.31. The molecule has 1 atom stereocenters. The molecule has 0 saturated carbocycles. The second kappa shape index (κ2) is 11.2. The van der Waals surface area contributed by atoms with Crippen molar-refractivity contribution >= 4 is 5.78 Å². The predicted molar refractivity (Wildman–Crippen MR) is 120 cm³/mol. The average molecular weight is 421 g/mol. The van der Waals surface area contributed by atoms with Gasteiger partial charge in [0.15, 0.2) is 11.5 Å². The molecule has 0 aliphatic rings. The van der Waals surface area contributed by atoms with E-state index in [1.165, 1.54) is 7.11 Å². The summed E-state index contributed by atoms with van der Waals surface area (Å²) in [5, 5.41) is 19.9. The molecule has 0 fully saturated rings. The van der Waals surface area contributed by atoms with E-state index in [2.05, 4.69) is 0 Å². The number of hydrogen-bond acceptors (Lipinski definition) is 5. The van der Waals surface area contributed by atoms with E-state index in [0.717, 1.165) is 22.6 Å². The lowest BCUT2D eigenvalue weighted by Crippen LogP contribution is -2.14. The van der Waals surface area contributed by atoms with Gasteiger partial charge in [0.2, 0.25) is 0 Å². The summed E-state index contributed by atoms with van der Waals surface area (Å²) in [5.74, 6) is 2.04. The molecule has 0 aromatic heterocycles. The van der Waals surface area contributed by atoms with Gasteiger partial charge in [-0.2, -0.15) is 0 Å². The van der Waals surface area contributed by atoms with E-state index >= 15 is 0 Å². The van der Waals surface area contributed by atoms with E-state index in [4.69, 9.17) is 9.47 Å². The number of ether oxygens (including phenoxy) is 2. The minimum Gasteiger partial charge on any atom is -0.504 e. The number of phenols is 1. The number of rotatable bonds is 11. The van der Waals surface area contributed by atoms with Crippen LogP contribution in [0.3, 0.4) is 0 Å². The van der Waals surface area contributed by atoms with Gasteiger partial charge in [-0.05, 0) is 66.8 Å². The highest BCUT2D eigenvalue weighted by atomic mass is 16.5. The Bertz CT molecular complexity index is 967. The molecular formula is C26H28O5. The van der Waals surface area contributed by atoms with Crippen LogP contribution in [-0.4, -0.2) is 29.2 Å². The number of benzene rings is 3. The van der Waals surface area contributed by atoms with Crippen LogP contribution in [0, 0.1) is 0 Å². The lowest BCUT2D eigenvalue weighted by Gasteiger charge is -2.11. The lowest BCUT2D eigenvalue weighted by molar-refractivity contribution is -0.120. The van der Waals surface area contributed by atoms with Crippen molar-refractivity contribution in [3.63, 3.8) is 0 Å². The normalized spacial score (nSPS) is 11.7. The van der Waals surface area contributed by atoms with E-state index in [0.29, 0.717) is 31.4 Å². The maximum atomic E-state index is 12.2. The molecule has 1 unspecified atom stereocenters. The van der Waals surface area contributed by atoms with E-state index in [9.17, 15) is 15.0 Å². The molecular weight excluding hydrogens is 392 g/mol. The number of phenolic OH excluding ortho intramolecular Hbond substituents is 1. The van der Waals surface area contributed by atoms with E-state index in [1.54, 1.807) is 18.2 Å². The van der Waals surface area contributed by atoms with Crippen molar-refractivity contribution in [1.82, 2.24) is 0 Å². The van der Waals surface area contributed by atoms with Gasteiger partial charge in [-0.15, -0.1) is 0 Å². The van der Waals surface area contributed by atoms with Crippen LogP contribution in [0.25, 0.3) is 0 Å². The Morgan fingerprint density at radius 1 is 0.903 bits per heavy atom. The Morgan fingerprint density at radius 2 is 1.58 bits per heavy atom. The Labute approximate surface area is 182 Å². The molecule has 5 nitrogen and oxygen atoms in total. The molecule has 0 amide bonds. The summed E-state index contributed by atoms with van der Waals surface area (Å²) in [6, 6.07) is 22.4. The number of aliphatic hydroxyl groups is 1. The third-order valence-electron chi connectivity index (χ3n) is 5.07. The molecule has 0 aliphatic heterocycles. The number of aliphatic hydroxyl groups excluding tert-OH is 1. The molecule has 0 saturated heterocycles. The molecule has 3 aromatic rings. The average Bonchev–Trinajstić information content (AvgIpc) is 2.79. The maximum Gasteiger partial charge on any atom is 0.160 e. The SMILES string of the molecule is COc1cc(CCC(=O)CC(O)CCc2ccc(Oc3ccccc3)cc2)ccc1O. The molecule has 0 heterocycles. The van der Waals surface area contributed by atoms with E-state index in [-0.39, 0.29) is 18.0 Å². The number of aryl methyl sites for hydroxylation is 2. The summed E-state index contributed by atoms with van der Waals surface area (Å²) >= 11 is 0. The molecule has 162 valence electrons. The Balaban J connectivity index is 1.40. The fourth-order valence-corrected chi connectivity index (χ4v) is 3.31. The summed E-state index contributed by atoms with van der Waals surface area (Å²) in [5.41, 5.74) is 2.00. The molecule has 3 rings (SSSR count). The molecule has 3 aromatic carbocycles. The number of para-hydroxylation sites is 1. The van der Waals surface area contributed by atoms with Gasteiger partial charge in [-0.3, -0.25) is 4.79 Å². The van der Waals surface area contributed by atoms with Crippen LogP contribution in [0.2, 0.25) is 0 Å². The number of aromatic hydroxyl groups is 1. The second-order valence-electron chi connectivity index (χ2n) is 7.50. The zero-order valence-electron chi connectivity index (χ0n) is 17.7. The monoisotopic (exact) mass is 420 g/mol. The van der Waals surface area contributed by atoms with Gasteiger partial charge in [0, 0.05) is 12.8 Å². The first-order valence-corrected chi connectivity index (χ1v) is 10.4. The van der Waals surface area contributed by atoms with Crippen LogP contribution < -0.4 is 9.47 Å². The van der Waals surface area contributed by atoms with Crippen molar-refractivity contribution in [1.29, 1.82) is 0 Å². The number of carbonyl (C=O) groups is 1. The van der Waals surface area contributed by atoms with E-state index in [1.807, 2.05) is 54.6 Å². The zero-order chi connectivity index (χ0) is 22.1. The first-order valence-electron chi connectivity index (χ1n) is 10.4. The van der Waals surface area contributed by atoms with Crippen LogP contribution >= 0.6 is 0 Å². The second-order valence-corrected chi connectivity index (χ2v) is 7.50. The standard InChI is InChI=1S/C26H28O5/c1-30-26-17-20(11-16-25(26)29)8-13-22(28)18-21(27)12-7-19-9-14-24(15-10-19)31-23-5-3-2-4-6-23/h2-6,9-11,14-17,21,27,29H,7-8,12-13,18H2,1H3. The van der Waals surface area contributed by atoms with Gasteiger partial charge in [0.25, 0.3) is 0 Å². The van der Waals surface area contributed by atoms with Gasteiger partial charge in [-0.25, -0.2) is 0 Å². The van der Waals surface area contributed by atoms with Crippen molar-refractivity contribution in [2.75, 3.05) is 7.11 Å². The largest absolute Gasteiger partial charge is 0.504 e. The highest BCUT2D eigenvalue weighted by Crippen LogP contribution is 2.27. The Kier molecular flexibility index (Phi) is 8.07. The summed E-state index contributed by atoms with van der Waals surface area (Å²) in [6.07, 6.45) is 1.58. The van der Waals surface area contributed by atoms with Crippen LogP contribution in [0.5, 0.6) is 23.0 Å². The Hall–Kier alpha value is -3.31. The van der Waals surface area contributed by atoms with Crippen molar-refractivity contribution in [2.24, 2.45) is 0 Å². The van der Waals surface area contributed by atoms with Crippen molar-refractivity contribution in [3.05, 3.63) is 83.9 Å². The summed E-state index contributed by atoms with van der Waals surface area (Å²) in [4.78, 5) is 12.2. The van der Waals surface area contributed by atoms with Crippen LogP contribution in [-0.2, 0) is 17.6 Å². The molecule has 0 bridgehead atoms. The minimum absolute atomic E-state index is 0.0196. The topological polar surface area (TPSA) is 76.0 Å². The molecule has 0 radical (unpaired) electrons. The lowest BCUT2D eigenvalue weighted by atomic mass is 10.00. The van der Waals surface area contributed by atoms with Gasteiger partial charge < -0.3 is 19.7 Å². The number of carbonyl (C=O) groups excluding carboxylic acids is 1. The quantitative estimate of drug-likeness (QED) is 0.452. The fraction of sp³-hybridized carbons (Fsp3) is 0.269. The van der Waals surface area contributed by atoms with Crippen LogP contribution in [0.15, 0.2) is 72.8 Å². The van der Waals surface area contributed by atoms with E-state index < -0.39 is 6.10 Å². The summed E-state index contributed by atoms with van der Waals surface area (Å²) in [7, 11) is 1.49. The summed E-state index contributed by atoms with van der Waals surface area (Å²) < 4.78 is 10.9. The molecule has 0 aliphatic carbocycles. The Morgan fingerprint density at radius 3 is 2.29 bits per heavy atom. The van der Waals surface area contributed by atoms with Crippen molar-refractivity contribution in [2.45, 2.75) is 38.2 Å². The number of ketones is 1.